The largest absolute Gasteiger partial charge is 0.360 e. The topological polar surface area (TPSA) is 73.8 Å². The summed E-state index contributed by atoms with van der Waals surface area (Å²) in [6, 6.07) is 0. The standard InChI is InChI=1S/C10H7BrN4O2S/c1-5-8(11)7(14-17-5)3-15-10(16)9-6(2-13-15)12-4-18-9/h2,4H,3H2,1H3. The predicted molar refractivity (Wildman–Crippen MR) is 69.7 cm³/mol. The Bertz CT molecular complexity index is 776. The highest BCUT2D eigenvalue weighted by molar-refractivity contribution is 9.10. The van der Waals surface area contributed by atoms with Gasteiger partial charge in [-0.2, -0.15) is 5.10 Å². The van der Waals surface area contributed by atoms with E-state index in [1.165, 1.54) is 16.0 Å². The molecular formula is C10H7BrN4O2S. The van der Waals surface area contributed by atoms with Gasteiger partial charge in [0.2, 0.25) is 0 Å². The Morgan fingerprint density at radius 1 is 1.56 bits per heavy atom. The molecule has 3 aromatic rings. The van der Waals surface area contributed by atoms with E-state index in [-0.39, 0.29) is 12.1 Å². The number of nitrogens with zero attached hydrogens (tertiary/aromatic N) is 4. The molecule has 92 valence electrons. The first-order chi connectivity index (χ1) is 8.66. The molecule has 0 saturated heterocycles. The molecule has 0 saturated carbocycles. The Kier molecular flexibility index (Phi) is 2.75. The molecule has 0 aliphatic rings. The maximum atomic E-state index is 12.1. The van der Waals surface area contributed by atoms with Crippen LogP contribution in [0.3, 0.4) is 0 Å². The lowest BCUT2D eigenvalue weighted by atomic mass is 10.4. The molecule has 3 aromatic heterocycles. The monoisotopic (exact) mass is 326 g/mol. The molecule has 0 amide bonds. The van der Waals surface area contributed by atoms with E-state index in [1.54, 1.807) is 18.6 Å². The fourth-order valence-corrected chi connectivity index (χ4v) is 2.53. The van der Waals surface area contributed by atoms with Gasteiger partial charge in [0, 0.05) is 0 Å². The number of fused-ring (bicyclic) bond motifs is 1. The lowest BCUT2D eigenvalue weighted by Gasteiger charge is -2.01. The maximum Gasteiger partial charge on any atom is 0.286 e. The first kappa shape index (κ1) is 11.5. The minimum absolute atomic E-state index is 0.164. The average Bonchev–Trinajstić information content (AvgIpc) is 2.95. The van der Waals surface area contributed by atoms with E-state index in [9.17, 15) is 4.79 Å². The second kappa shape index (κ2) is 4.29. The Morgan fingerprint density at radius 2 is 2.39 bits per heavy atom. The van der Waals surface area contributed by atoms with Crippen molar-refractivity contribution in [3.63, 3.8) is 0 Å². The van der Waals surface area contributed by atoms with Gasteiger partial charge in [0.1, 0.15) is 21.7 Å². The van der Waals surface area contributed by atoms with Crippen LogP contribution in [-0.4, -0.2) is 19.9 Å². The third kappa shape index (κ3) is 1.77. The summed E-state index contributed by atoms with van der Waals surface area (Å²) in [5, 5.41) is 7.96. The molecule has 18 heavy (non-hydrogen) atoms. The minimum atomic E-state index is -0.164. The zero-order valence-corrected chi connectivity index (χ0v) is 11.7. The van der Waals surface area contributed by atoms with Crippen LogP contribution in [0.2, 0.25) is 0 Å². The van der Waals surface area contributed by atoms with Crippen molar-refractivity contribution in [1.29, 1.82) is 0 Å². The highest BCUT2D eigenvalue weighted by atomic mass is 79.9. The molecule has 0 aliphatic carbocycles. The van der Waals surface area contributed by atoms with Crippen molar-refractivity contribution in [3.8, 4) is 0 Å². The summed E-state index contributed by atoms with van der Waals surface area (Å²) in [5.74, 6) is 0.678. The minimum Gasteiger partial charge on any atom is -0.360 e. The molecule has 0 fully saturated rings. The average molecular weight is 327 g/mol. The van der Waals surface area contributed by atoms with Crippen molar-refractivity contribution in [2.45, 2.75) is 13.5 Å². The summed E-state index contributed by atoms with van der Waals surface area (Å²) in [4.78, 5) is 16.2. The third-order valence-corrected chi connectivity index (χ3v) is 4.34. The Morgan fingerprint density at radius 3 is 3.11 bits per heavy atom. The van der Waals surface area contributed by atoms with E-state index < -0.39 is 0 Å². The molecule has 0 aliphatic heterocycles. The van der Waals surface area contributed by atoms with E-state index >= 15 is 0 Å². The summed E-state index contributed by atoms with van der Waals surface area (Å²) >= 11 is 4.67. The number of hydrogen-bond acceptors (Lipinski definition) is 6. The van der Waals surface area contributed by atoms with E-state index in [0.29, 0.717) is 21.7 Å². The summed E-state index contributed by atoms with van der Waals surface area (Å²) in [6.07, 6.45) is 1.58. The molecule has 0 atom stereocenters. The molecule has 0 spiro atoms. The van der Waals surface area contributed by atoms with Gasteiger partial charge in [-0.1, -0.05) is 5.16 Å². The number of rotatable bonds is 2. The second-order valence-corrected chi connectivity index (χ2v) is 5.32. The summed E-state index contributed by atoms with van der Waals surface area (Å²) in [5.41, 5.74) is 2.74. The highest BCUT2D eigenvalue weighted by Crippen LogP contribution is 2.20. The van der Waals surface area contributed by atoms with Crippen LogP contribution < -0.4 is 5.56 Å². The zero-order valence-electron chi connectivity index (χ0n) is 9.25. The van der Waals surface area contributed by atoms with Gasteiger partial charge in [-0.05, 0) is 22.9 Å². The van der Waals surface area contributed by atoms with Gasteiger partial charge in [-0.25, -0.2) is 9.67 Å². The summed E-state index contributed by atoms with van der Waals surface area (Å²) < 4.78 is 7.74. The molecule has 0 aromatic carbocycles. The lowest BCUT2D eigenvalue weighted by Crippen LogP contribution is -2.22. The van der Waals surface area contributed by atoms with E-state index in [0.717, 1.165) is 4.47 Å². The molecular weight excluding hydrogens is 320 g/mol. The maximum absolute atomic E-state index is 12.1. The van der Waals surface area contributed by atoms with Crippen LogP contribution in [0.4, 0.5) is 0 Å². The summed E-state index contributed by atoms with van der Waals surface area (Å²) in [7, 11) is 0. The quantitative estimate of drug-likeness (QED) is 0.719. The van der Waals surface area contributed by atoms with Gasteiger partial charge < -0.3 is 4.52 Å². The number of thiazole rings is 1. The van der Waals surface area contributed by atoms with E-state index in [2.05, 4.69) is 31.2 Å². The van der Waals surface area contributed by atoms with Gasteiger partial charge in [0.25, 0.3) is 5.56 Å². The van der Waals surface area contributed by atoms with Crippen LogP contribution in [0.5, 0.6) is 0 Å². The number of aryl methyl sites for hydroxylation is 1. The van der Waals surface area contributed by atoms with Crippen molar-refractivity contribution in [3.05, 3.63) is 38.0 Å². The molecule has 0 bridgehead atoms. The Labute approximate surface area is 113 Å². The van der Waals surface area contributed by atoms with Crippen molar-refractivity contribution in [1.82, 2.24) is 19.9 Å². The predicted octanol–water partition coefficient (Wildman–Crippen LogP) is 1.96. The van der Waals surface area contributed by atoms with Crippen LogP contribution in [-0.2, 0) is 6.54 Å². The van der Waals surface area contributed by atoms with Gasteiger partial charge in [0.05, 0.1) is 22.7 Å². The lowest BCUT2D eigenvalue weighted by molar-refractivity contribution is 0.387. The van der Waals surface area contributed by atoms with Crippen molar-refractivity contribution in [2.75, 3.05) is 0 Å². The van der Waals surface area contributed by atoms with Gasteiger partial charge in [-0.15, -0.1) is 11.3 Å². The van der Waals surface area contributed by atoms with Gasteiger partial charge in [0.15, 0.2) is 0 Å². The molecule has 0 N–H and O–H groups in total. The zero-order chi connectivity index (χ0) is 12.7. The third-order valence-electron chi connectivity index (χ3n) is 2.50. The number of hydrogen-bond donors (Lipinski definition) is 0. The Hall–Kier alpha value is -1.54. The van der Waals surface area contributed by atoms with Crippen LogP contribution in [0.1, 0.15) is 11.5 Å². The van der Waals surface area contributed by atoms with Crippen molar-refractivity contribution in [2.24, 2.45) is 0 Å². The normalized spacial score (nSPS) is 11.2. The number of aromatic nitrogens is 4. The SMILES string of the molecule is Cc1onc(Cn2ncc3ncsc3c2=O)c1Br. The van der Waals surface area contributed by atoms with Crippen molar-refractivity contribution >= 4 is 37.5 Å². The van der Waals surface area contributed by atoms with E-state index in [4.69, 9.17) is 4.52 Å². The smallest absolute Gasteiger partial charge is 0.286 e. The fourth-order valence-electron chi connectivity index (χ4n) is 1.56. The first-order valence-corrected chi connectivity index (χ1v) is 6.74. The summed E-state index contributed by atoms with van der Waals surface area (Å²) in [6.45, 7) is 2.06. The van der Waals surface area contributed by atoms with Gasteiger partial charge >= 0.3 is 0 Å². The van der Waals surface area contributed by atoms with Gasteiger partial charge in [-0.3, -0.25) is 4.79 Å². The van der Waals surface area contributed by atoms with Crippen LogP contribution in [0.25, 0.3) is 10.2 Å². The molecule has 0 radical (unpaired) electrons. The Balaban J connectivity index is 2.07. The molecule has 8 heteroatoms. The van der Waals surface area contributed by atoms with Crippen LogP contribution >= 0.6 is 27.3 Å². The first-order valence-electron chi connectivity index (χ1n) is 5.07. The molecule has 0 unspecified atom stereocenters. The highest BCUT2D eigenvalue weighted by Gasteiger charge is 2.13. The second-order valence-electron chi connectivity index (χ2n) is 3.67. The molecule has 3 heterocycles. The van der Waals surface area contributed by atoms with Crippen LogP contribution in [0, 0.1) is 6.92 Å². The van der Waals surface area contributed by atoms with Crippen LogP contribution in [0.15, 0.2) is 25.5 Å². The van der Waals surface area contributed by atoms with Crippen molar-refractivity contribution < 1.29 is 4.52 Å². The number of halogens is 1. The molecule has 3 rings (SSSR count). The fraction of sp³-hybridized carbons (Fsp3) is 0.200. The van der Waals surface area contributed by atoms with E-state index in [1.807, 2.05) is 0 Å². The molecule has 6 nitrogen and oxygen atoms in total.